The Morgan fingerprint density at radius 1 is 1.09 bits per heavy atom. The average molecular weight is 466 g/mol. The molecule has 174 valence electrons. The summed E-state index contributed by atoms with van der Waals surface area (Å²) in [7, 11) is 3.35. The summed E-state index contributed by atoms with van der Waals surface area (Å²) in [5.74, 6) is 2.21. The van der Waals surface area contributed by atoms with E-state index in [2.05, 4.69) is 23.1 Å². The fraction of sp³-hybridized carbons (Fsp3) is 0.462. The molecule has 5 rings (SSSR count). The van der Waals surface area contributed by atoms with Crippen LogP contribution in [0.3, 0.4) is 0 Å². The molecule has 2 atom stereocenters. The van der Waals surface area contributed by atoms with Crippen LogP contribution >= 0.6 is 11.3 Å². The maximum absolute atomic E-state index is 13.4. The standard InChI is InChI=1S/C26H31N3O3S/c1-31-19-11-12-23(32-2)20(15-19)22-9-6-14-29(22)25(30)17-28-13-5-7-18(16-28)26-27-21-8-3-4-10-24(21)33-26/h3-4,8,10-12,15,18,22H,5-7,9,13-14,16-17H2,1-2H3/t18-,22-/m1/s1. The first-order valence-corrected chi connectivity index (χ1v) is 12.6. The third-order valence-electron chi connectivity index (χ3n) is 6.89. The van der Waals surface area contributed by atoms with Gasteiger partial charge in [-0.2, -0.15) is 0 Å². The van der Waals surface area contributed by atoms with Crippen molar-refractivity contribution >= 4 is 27.5 Å². The predicted molar refractivity (Wildman–Crippen MR) is 131 cm³/mol. The fourth-order valence-corrected chi connectivity index (χ4v) is 6.33. The van der Waals surface area contributed by atoms with E-state index < -0.39 is 0 Å². The van der Waals surface area contributed by atoms with E-state index in [0.29, 0.717) is 12.5 Å². The second kappa shape index (κ2) is 9.69. The highest BCUT2D eigenvalue weighted by Crippen LogP contribution is 2.39. The number of aromatic nitrogens is 1. The molecule has 0 radical (unpaired) electrons. The molecule has 0 bridgehead atoms. The molecule has 3 aromatic rings. The highest BCUT2D eigenvalue weighted by Gasteiger charge is 2.34. The Morgan fingerprint density at radius 3 is 2.76 bits per heavy atom. The minimum atomic E-state index is 0.0346. The Labute approximate surface area is 199 Å². The maximum atomic E-state index is 13.4. The smallest absolute Gasteiger partial charge is 0.237 e. The molecular weight excluding hydrogens is 434 g/mol. The highest BCUT2D eigenvalue weighted by molar-refractivity contribution is 7.18. The molecule has 0 saturated carbocycles. The summed E-state index contributed by atoms with van der Waals surface area (Å²) in [4.78, 5) is 22.7. The summed E-state index contributed by atoms with van der Waals surface area (Å²) in [6.45, 7) is 3.11. The van der Waals surface area contributed by atoms with E-state index in [0.717, 1.165) is 67.9 Å². The van der Waals surface area contributed by atoms with Crippen molar-refractivity contribution in [3.05, 3.63) is 53.0 Å². The lowest BCUT2D eigenvalue weighted by molar-refractivity contribution is -0.133. The van der Waals surface area contributed by atoms with Crippen LogP contribution in [0.1, 0.15) is 48.2 Å². The topological polar surface area (TPSA) is 54.9 Å². The lowest BCUT2D eigenvalue weighted by Gasteiger charge is -2.34. The molecule has 2 saturated heterocycles. The van der Waals surface area contributed by atoms with Crippen LogP contribution in [0, 0.1) is 0 Å². The van der Waals surface area contributed by atoms with E-state index in [1.807, 2.05) is 29.2 Å². The van der Waals surface area contributed by atoms with Gasteiger partial charge in [0.25, 0.3) is 0 Å². The van der Waals surface area contributed by atoms with Crippen LogP contribution in [0.25, 0.3) is 10.2 Å². The summed E-state index contributed by atoms with van der Waals surface area (Å²) in [5.41, 5.74) is 2.12. The van der Waals surface area contributed by atoms with Crippen molar-refractivity contribution in [3.63, 3.8) is 0 Å². The number of piperidine rings is 1. The van der Waals surface area contributed by atoms with Crippen molar-refractivity contribution in [1.82, 2.24) is 14.8 Å². The highest BCUT2D eigenvalue weighted by atomic mass is 32.1. The zero-order valence-corrected chi connectivity index (χ0v) is 20.1. The maximum Gasteiger partial charge on any atom is 0.237 e. The number of carbonyl (C=O) groups is 1. The van der Waals surface area contributed by atoms with Gasteiger partial charge in [0.05, 0.1) is 42.0 Å². The molecule has 2 fully saturated rings. The van der Waals surface area contributed by atoms with E-state index in [1.54, 1.807) is 25.6 Å². The zero-order chi connectivity index (χ0) is 22.8. The SMILES string of the molecule is COc1ccc(OC)c([C@H]2CCCN2C(=O)CN2CCC[C@@H](c3nc4ccccc4s3)C2)c1. The van der Waals surface area contributed by atoms with Gasteiger partial charge in [0.15, 0.2) is 0 Å². The second-order valence-corrected chi connectivity index (χ2v) is 10.0. The number of hydrogen-bond acceptors (Lipinski definition) is 6. The van der Waals surface area contributed by atoms with Gasteiger partial charge in [0.1, 0.15) is 11.5 Å². The van der Waals surface area contributed by atoms with Gasteiger partial charge < -0.3 is 14.4 Å². The first kappa shape index (κ1) is 22.2. The van der Waals surface area contributed by atoms with Crippen molar-refractivity contribution in [2.75, 3.05) is 40.4 Å². The molecule has 1 aromatic heterocycles. The van der Waals surface area contributed by atoms with Crippen LogP contribution in [0.5, 0.6) is 11.5 Å². The van der Waals surface area contributed by atoms with E-state index in [9.17, 15) is 4.79 Å². The van der Waals surface area contributed by atoms with Gasteiger partial charge in [0, 0.05) is 24.6 Å². The van der Waals surface area contributed by atoms with E-state index in [-0.39, 0.29) is 11.9 Å². The van der Waals surface area contributed by atoms with Gasteiger partial charge in [-0.3, -0.25) is 9.69 Å². The number of likely N-dealkylation sites (tertiary alicyclic amines) is 2. The van der Waals surface area contributed by atoms with E-state index in [4.69, 9.17) is 14.5 Å². The van der Waals surface area contributed by atoms with Crippen LogP contribution in [-0.4, -0.2) is 61.1 Å². The molecule has 0 spiro atoms. The van der Waals surface area contributed by atoms with Crippen LogP contribution in [0.2, 0.25) is 0 Å². The Hall–Kier alpha value is -2.64. The lowest BCUT2D eigenvalue weighted by atomic mass is 9.98. The van der Waals surface area contributed by atoms with Crippen molar-refractivity contribution in [1.29, 1.82) is 0 Å². The number of benzene rings is 2. The van der Waals surface area contributed by atoms with Gasteiger partial charge in [-0.15, -0.1) is 11.3 Å². The van der Waals surface area contributed by atoms with Gasteiger partial charge >= 0.3 is 0 Å². The first-order valence-electron chi connectivity index (χ1n) is 11.8. The number of fused-ring (bicyclic) bond motifs is 1. The number of carbonyl (C=O) groups excluding carboxylic acids is 1. The molecule has 7 heteroatoms. The summed E-state index contributed by atoms with van der Waals surface area (Å²) in [6, 6.07) is 14.2. The molecule has 0 aliphatic carbocycles. The summed E-state index contributed by atoms with van der Waals surface area (Å²) < 4.78 is 12.3. The van der Waals surface area contributed by atoms with Crippen molar-refractivity contribution in [2.45, 2.75) is 37.6 Å². The third-order valence-corrected chi connectivity index (χ3v) is 8.09. The first-order chi connectivity index (χ1) is 16.2. The Balaban J connectivity index is 1.28. The molecule has 3 heterocycles. The fourth-order valence-electron chi connectivity index (χ4n) is 5.24. The van der Waals surface area contributed by atoms with Crippen LogP contribution in [0.15, 0.2) is 42.5 Å². The molecular formula is C26H31N3O3S. The second-order valence-electron chi connectivity index (χ2n) is 8.95. The number of hydrogen-bond donors (Lipinski definition) is 0. The summed E-state index contributed by atoms with van der Waals surface area (Å²) in [5, 5.41) is 1.20. The van der Waals surface area contributed by atoms with Crippen LogP contribution in [0.4, 0.5) is 0 Å². The molecule has 0 N–H and O–H groups in total. The number of amides is 1. The molecule has 6 nitrogen and oxygen atoms in total. The number of rotatable bonds is 6. The van der Waals surface area contributed by atoms with Crippen molar-refractivity contribution in [3.8, 4) is 11.5 Å². The average Bonchev–Trinajstić information content (AvgIpc) is 3.51. The third kappa shape index (κ3) is 4.57. The van der Waals surface area contributed by atoms with Gasteiger partial charge in [-0.1, -0.05) is 12.1 Å². The van der Waals surface area contributed by atoms with E-state index in [1.165, 1.54) is 9.71 Å². The monoisotopic (exact) mass is 465 g/mol. The quantitative estimate of drug-likeness (QED) is 0.521. The number of para-hydroxylation sites is 1. The van der Waals surface area contributed by atoms with Crippen LogP contribution in [-0.2, 0) is 4.79 Å². The number of nitrogens with zero attached hydrogens (tertiary/aromatic N) is 3. The Bertz CT molecular complexity index is 1100. The molecule has 1 amide bonds. The van der Waals surface area contributed by atoms with E-state index >= 15 is 0 Å². The van der Waals surface area contributed by atoms with Gasteiger partial charge in [0.2, 0.25) is 5.91 Å². The zero-order valence-electron chi connectivity index (χ0n) is 19.3. The van der Waals surface area contributed by atoms with Crippen LogP contribution < -0.4 is 9.47 Å². The summed E-state index contributed by atoms with van der Waals surface area (Å²) in [6.07, 6.45) is 4.19. The van der Waals surface area contributed by atoms with Gasteiger partial charge in [-0.25, -0.2) is 4.98 Å². The van der Waals surface area contributed by atoms with Crippen molar-refractivity contribution in [2.24, 2.45) is 0 Å². The lowest BCUT2D eigenvalue weighted by Crippen LogP contribution is -2.43. The summed E-state index contributed by atoms with van der Waals surface area (Å²) >= 11 is 1.80. The molecule has 2 aliphatic rings. The minimum Gasteiger partial charge on any atom is -0.497 e. The number of methoxy groups -OCH3 is 2. The molecule has 0 unspecified atom stereocenters. The van der Waals surface area contributed by atoms with Gasteiger partial charge in [-0.05, 0) is 62.6 Å². The molecule has 2 aromatic carbocycles. The van der Waals surface area contributed by atoms with Crippen molar-refractivity contribution < 1.29 is 14.3 Å². The predicted octanol–water partition coefficient (Wildman–Crippen LogP) is 4.86. The molecule has 33 heavy (non-hydrogen) atoms. The molecule has 2 aliphatic heterocycles. The normalized spacial score (nSPS) is 21.5. The number of ether oxygens (including phenoxy) is 2. The minimum absolute atomic E-state index is 0.0346. The Kier molecular flexibility index (Phi) is 6.51. The number of thiazole rings is 1. The Morgan fingerprint density at radius 2 is 1.94 bits per heavy atom. The largest absolute Gasteiger partial charge is 0.497 e.